The second kappa shape index (κ2) is 8.58. The van der Waals surface area contributed by atoms with Crippen molar-refractivity contribution in [2.45, 2.75) is 59.7 Å². The van der Waals surface area contributed by atoms with E-state index in [1.807, 2.05) is 52.0 Å². The van der Waals surface area contributed by atoms with Crippen LogP contribution in [-0.4, -0.2) is 40.5 Å². The monoisotopic (exact) mass is 370 g/mol. The Hall–Kier alpha value is -2.32. The minimum Gasteiger partial charge on any atom is -0.391 e. The van der Waals surface area contributed by atoms with Crippen molar-refractivity contribution in [2.75, 3.05) is 6.54 Å². The smallest absolute Gasteiger partial charge is 0.243 e. The second-order valence-electron chi connectivity index (χ2n) is 8.27. The lowest BCUT2D eigenvalue weighted by atomic mass is 9.81. The first-order valence-electron chi connectivity index (χ1n) is 9.41. The number of aliphatic hydroxyl groups is 1. The fourth-order valence-corrected chi connectivity index (χ4v) is 3.08. The highest BCUT2D eigenvalue weighted by molar-refractivity contribution is 5.89. The number of nitrogens with one attached hydrogen (secondary N) is 1. The van der Waals surface area contributed by atoms with Crippen LogP contribution in [0.25, 0.3) is 0 Å². The van der Waals surface area contributed by atoms with Gasteiger partial charge in [-0.2, -0.15) is 0 Å². The molecule has 5 nitrogen and oxygen atoms in total. The molecular weight excluding hydrogens is 340 g/mol. The molecular formula is C22H30N2O3. The normalized spacial score (nSPS) is 20.6. The number of hydrogen-bond donors (Lipinski definition) is 2. The standard InChI is InChI=1S/C22H30N2O3/c1-6-7-16-8-10-17(11-9-16)13-23-20(26)19-12-18(25)14-24(19)21(27)15(2)22(3,4)5/h8-11,15,18-19,25H,12-14H2,1-5H3,(H,23,26)/t15-,18-,19+/m1/s1. The fraction of sp³-hybridized carbons (Fsp3) is 0.545. The van der Waals surface area contributed by atoms with Gasteiger partial charge in [-0.25, -0.2) is 0 Å². The van der Waals surface area contributed by atoms with Crippen molar-refractivity contribution in [3.8, 4) is 11.8 Å². The van der Waals surface area contributed by atoms with Crippen molar-refractivity contribution in [2.24, 2.45) is 11.3 Å². The van der Waals surface area contributed by atoms with E-state index in [9.17, 15) is 14.7 Å². The molecule has 2 amide bonds. The van der Waals surface area contributed by atoms with Gasteiger partial charge in [-0.3, -0.25) is 9.59 Å². The summed E-state index contributed by atoms with van der Waals surface area (Å²) in [6.07, 6.45) is -0.386. The van der Waals surface area contributed by atoms with Crippen LogP contribution in [0.2, 0.25) is 0 Å². The van der Waals surface area contributed by atoms with E-state index < -0.39 is 12.1 Å². The first-order chi connectivity index (χ1) is 12.6. The largest absolute Gasteiger partial charge is 0.391 e. The molecule has 0 saturated carbocycles. The van der Waals surface area contributed by atoms with Gasteiger partial charge in [-0.1, -0.05) is 45.7 Å². The predicted molar refractivity (Wildman–Crippen MR) is 106 cm³/mol. The minimum atomic E-state index is -0.663. The van der Waals surface area contributed by atoms with E-state index in [1.165, 1.54) is 4.90 Å². The third-order valence-electron chi connectivity index (χ3n) is 5.22. The fourth-order valence-electron chi connectivity index (χ4n) is 3.08. The van der Waals surface area contributed by atoms with E-state index in [2.05, 4.69) is 17.2 Å². The molecule has 0 radical (unpaired) electrons. The van der Waals surface area contributed by atoms with Gasteiger partial charge in [0.15, 0.2) is 0 Å². The van der Waals surface area contributed by atoms with Crippen LogP contribution in [0.4, 0.5) is 0 Å². The molecule has 1 aromatic carbocycles. The molecule has 2 N–H and O–H groups in total. The molecule has 0 aromatic heterocycles. The summed E-state index contributed by atoms with van der Waals surface area (Å²) in [7, 11) is 0. The molecule has 146 valence electrons. The zero-order valence-corrected chi connectivity index (χ0v) is 16.9. The van der Waals surface area contributed by atoms with E-state index in [4.69, 9.17) is 0 Å². The van der Waals surface area contributed by atoms with E-state index >= 15 is 0 Å². The van der Waals surface area contributed by atoms with Gasteiger partial charge < -0.3 is 15.3 Å². The summed E-state index contributed by atoms with van der Waals surface area (Å²) >= 11 is 0. The quantitative estimate of drug-likeness (QED) is 0.799. The molecule has 1 saturated heterocycles. The first-order valence-corrected chi connectivity index (χ1v) is 9.41. The van der Waals surface area contributed by atoms with Crippen molar-refractivity contribution in [1.29, 1.82) is 0 Å². The van der Waals surface area contributed by atoms with Crippen molar-refractivity contribution in [3.63, 3.8) is 0 Å². The molecule has 0 unspecified atom stereocenters. The summed E-state index contributed by atoms with van der Waals surface area (Å²) in [5.41, 5.74) is 1.69. The Kier molecular flexibility index (Phi) is 6.67. The summed E-state index contributed by atoms with van der Waals surface area (Å²) in [5.74, 6) is 5.29. The van der Waals surface area contributed by atoms with Crippen LogP contribution in [0.1, 0.15) is 52.2 Å². The van der Waals surface area contributed by atoms with Gasteiger partial charge >= 0.3 is 0 Å². The predicted octanol–water partition coefficient (Wildman–Crippen LogP) is 2.32. The number of carbonyl (C=O) groups excluding carboxylic acids is 2. The number of aliphatic hydroxyl groups excluding tert-OH is 1. The number of likely N-dealkylation sites (tertiary alicyclic amines) is 1. The van der Waals surface area contributed by atoms with Gasteiger partial charge in [0.05, 0.1) is 6.10 Å². The number of amides is 2. The zero-order valence-electron chi connectivity index (χ0n) is 16.9. The lowest BCUT2D eigenvalue weighted by Gasteiger charge is -2.32. The van der Waals surface area contributed by atoms with Crippen LogP contribution >= 0.6 is 0 Å². The van der Waals surface area contributed by atoms with Crippen LogP contribution in [0, 0.1) is 23.2 Å². The SMILES string of the molecule is CC#Cc1ccc(CNC(=O)[C@@H]2C[C@@H](O)CN2C(=O)[C@@H](C)C(C)(C)C)cc1. The summed E-state index contributed by atoms with van der Waals surface area (Å²) in [4.78, 5) is 27.1. The molecule has 3 atom stereocenters. The molecule has 5 heteroatoms. The van der Waals surface area contributed by atoms with Gasteiger partial charge in [-0.15, -0.1) is 5.92 Å². The van der Waals surface area contributed by atoms with E-state index in [1.54, 1.807) is 6.92 Å². The number of benzene rings is 1. The molecule has 1 aliphatic heterocycles. The van der Waals surface area contributed by atoms with Crippen molar-refractivity contribution in [1.82, 2.24) is 10.2 Å². The summed E-state index contributed by atoms with van der Waals surface area (Å²) in [5, 5.41) is 12.9. The maximum Gasteiger partial charge on any atom is 0.243 e. The van der Waals surface area contributed by atoms with Crippen molar-refractivity contribution >= 4 is 11.8 Å². The average molecular weight is 370 g/mol. The highest BCUT2D eigenvalue weighted by Crippen LogP contribution is 2.30. The lowest BCUT2D eigenvalue weighted by molar-refractivity contribution is -0.144. The molecule has 2 rings (SSSR count). The Morgan fingerprint density at radius 1 is 1.30 bits per heavy atom. The Labute approximate surface area is 162 Å². The molecule has 0 aliphatic carbocycles. The van der Waals surface area contributed by atoms with Crippen LogP contribution in [-0.2, 0) is 16.1 Å². The third-order valence-corrected chi connectivity index (χ3v) is 5.22. The van der Waals surface area contributed by atoms with Crippen molar-refractivity contribution < 1.29 is 14.7 Å². The topological polar surface area (TPSA) is 69.6 Å². The Bertz CT molecular complexity index is 738. The van der Waals surface area contributed by atoms with Gasteiger partial charge in [-0.05, 0) is 30.0 Å². The van der Waals surface area contributed by atoms with E-state index in [0.717, 1.165) is 11.1 Å². The highest BCUT2D eigenvalue weighted by atomic mass is 16.3. The Balaban J connectivity index is 2.02. The molecule has 1 aromatic rings. The number of nitrogens with zero attached hydrogens (tertiary/aromatic N) is 1. The maximum atomic E-state index is 12.8. The van der Waals surface area contributed by atoms with Crippen LogP contribution < -0.4 is 5.32 Å². The molecule has 27 heavy (non-hydrogen) atoms. The molecule has 0 bridgehead atoms. The molecule has 1 aliphatic rings. The maximum absolute atomic E-state index is 12.8. The van der Waals surface area contributed by atoms with Gasteiger partial charge in [0.25, 0.3) is 0 Å². The Morgan fingerprint density at radius 3 is 2.48 bits per heavy atom. The average Bonchev–Trinajstić information content (AvgIpc) is 3.01. The molecule has 1 heterocycles. The Morgan fingerprint density at radius 2 is 1.93 bits per heavy atom. The molecule has 0 spiro atoms. The number of rotatable bonds is 4. The highest BCUT2D eigenvalue weighted by Gasteiger charge is 2.42. The van der Waals surface area contributed by atoms with Gasteiger partial charge in [0.1, 0.15) is 6.04 Å². The van der Waals surface area contributed by atoms with Crippen LogP contribution in [0.15, 0.2) is 24.3 Å². The van der Waals surface area contributed by atoms with E-state index in [0.29, 0.717) is 6.54 Å². The molecule has 1 fully saturated rings. The third kappa shape index (κ3) is 5.33. The minimum absolute atomic E-state index is 0.0818. The van der Waals surface area contributed by atoms with E-state index in [-0.39, 0.29) is 36.1 Å². The summed E-state index contributed by atoms with van der Waals surface area (Å²) in [6, 6.07) is 7.06. The zero-order chi connectivity index (χ0) is 20.2. The van der Waals surface area contributed by atoms with Gasteiger partial charge in [0, 0.05) is 31.0 Å². The number of carbonyl (C=O) groups is 2. The summed E-state index contributed by atoms with van der Waals surface area (Å²) < 4.78 is 0. The summed E-state index contributed by atoms with van der Waals surface area (Å²) in [6.45, 7) is 10.3. The van der Waals surface area contributed by atoms with Gasteiger partial charge in [0.2, 0.25) is 11.8 Å². The number of hydrogen-bond acceptors (Lipinski definition) is 3. The van der Waals surface area contributed by atoms with Crippen LogP contribution in [0.3, 0.4) is 0 Å². The van der Waals surface area contributed by atoms with Crippen LogP contribution in [0.5, 0.6) is 0 Å². The first kappa shape index (κ1) is 21.0. The van der Waals surface area contributed by atoms with Crippen molar-refractivity contribution in [3.05, 3.63) is 35.4 Å². The number of β-amino-alcohol motifs (C(OH)–C–C–N with tert-alkyl or cyclic N) is 1. The second-order valence-corrected chi connectivity index (χ2v) is 8.27. The lowest BCUT2D eigenvalue weighted by Crippen LogP contribution is -2.49.